The molecule has 7 nitrogen and oxygen atoms in total. The number of hydrogen-bond donors (Lipinski definition) is 3. The number of carbonyl (C=O) groups excluding carboxylic acids is 3. The van der Waals surface area contributed by atoms with Crippen LogP contribution in [0.15, 0.2) is 60.8 Å². The highest BCUT2D eigenvalue weighted by Gasteiger charge is 2.38. The van der Waals surface area contributed by atoms with E-state index < -0.39 is 12.1 Å². The summed E-state index contributed by atoms with van der Waals surface area (Å²) >= 11 is 0. The van der Waals surface area contributed by atoms with Crippen LogP contribution in [0.5, 0.6) is 0 Å². The molecule has 1 aromatic heterocycles. The Morgan fingerprint density at radius 3 is 2.62 bits per heavy atom. The van der Waals surface area contributed by atoms with Crippen LogP contribution >= 0.6 is 0 Å². The Kier molecular flexibility index (Phi) is 5.29. The molecule has 0 unspecified atom stereocenters. The van der Waals surface area contributed by atoms with Crippen molar-refractivity contribution in [3.63, 3.8) is 0 Å². The molecular formula is C22H22N4O3. The highest BCUT2D eigenvalue weighted by atomic mass is 16.2. The topological polar surface area (TPSA) is 94.3 Å². The smallest absolute Gasteiger partial charge is 0.325 e. The van der Waals surface area contributed by atoms with Crippen molar-refractivity contribution in [3.05, 3.63) is 71.9 Å². The SMILES string of the molecule is O=C(C[C@@H]1NC(=O)N(Cc2ccccc2)C1=O)NCCc1c[nH]c2ccccc12. The number of H-pyrrole nitrogens is 1. The molecule has 0 saturated carbocycles. The molecule has 1 aliphatic heterocycles. The van der Waals surface area contributed by atoms with E-state index in [0.717, 1.165) is 26.9 Å². The van der Waals surface area contributed by atoms with Gasteiger partial charge in [-0.15, -0.1) is 0 Å². The normalized spacial score (nSPS) is 16.3. The fraction of sp³-hybridized carbons (Fsp3) is 0.227. The Balaban J connectivity index is 1.28. The number of carbonyl (C=O) groups is 3. The number of fused-ring (bicyclic) bond motifs is 1. The van der Waals surface area contributed by atoms with Crippen molar-refractivity contribution in [3.8, 4) is 0 Å². The van der Waals surface area contributed by atoms with E-state index in [1.165, 1.54) is 0 Å². The van der Waals surface area contributed by atoms with E-state index in [2.05, 4.69) is 15.6 Å². The lowest BCUT2D eigenvalue weighted by Gasteiger charge is -2.13. The first-order chi connectivity index (χ1) is 14.1. The monoisotopic (exact) mass is 390 g/mol. The highest BCUT2D eigenvalue weighted by Crippen LogP contribution is 2.18. The van der Waals surface area contributed by atoms with Crippen molar-refractivity contribution in [2.75, 3.05) is 6.54 Å². The predicted molar refractivity (Wildman–Crippen MR) is 109 cm³/mol. The van der Waals surface area contributed by atoms with Gasteiger partial charge in [0.1, 0.15) is 6.04 Å². The summed E-state index contributed by atoms with van der Waals surface area (Å²) in [5, 5.41) is 6.58. The number of urea groups is 1. The summed E-state index contributed by atoms with van der Waals surface area (Å²) in [6.45, 7) is 0.660. The lowest BCUT2D eigenvalue weighted by atomic mass is 10.1. The fourth-order valence-corrected chi connectivity index (χ4v) is 3.56. The second kappa shape index (κ2) is 8.18. The van der Waals surface area contributed by atoms with Gasteiger partial charge in [-0.1, -0.05) is 48.5 Å². The number of rotatable bonds is 7. The maximum absolute atomic E-state index is 12.5. The van der Waals surface area contributed by atoms with Gasteiger partial charge in [-0.2, -0.15) is 0 Å². The molecule has 0 spiro atoms. The molecule has 29 heavy (non-hydrogen) atoms. The number of aromatic amines is 1. The molecule has 2 heterocycles. The zero-order valence-corrected chi connectivity index (χ0v) is 15.9. The molecule has 4 amide bonds. The zero-order valence-electron chi connectivity index (χ0n) is 15.9. The Morgan fingerprint density at radius 2 is 1.79 bits per heavy atom. The molecule has 3 N–H and O–H groups in total. The molecule has 4 rings (SSSR count). The van der Waals surface area contributed by atoms with Crippen LogP contribution in [-0.4, -0.2) is 40.3 Å². The number of nitrogens with zero attached hydrogens (tertiary/aromatic N) is 1. The molecule has 3 aromatic rings. The van der Waals surface area contributed by atoms with Gasteiger partial charge in [0.25, 0.3) is 5.91 Å². The van der Waals surface area contributed by atoms with Crippen LogP contribution < -0.4 is 10.6 Å². The third-order valence-electron chi connectivity index (χ3n) is 5.07. The standard InChI is InChI=1S/C22H22N4O3/c27-20(23-11-10-16-13-24-18-9-5-4-8-17(16)18)12-19-21(28)26(22(29)25-19)14-15-6-2-1-3-7-15/h1-9,13,19,24H,10-12,14H2,(H,23,27)(H,25,29)/t19-/m0/s1. The minimum absolute atomic E-state index is 0.0657. The van der Waals surface area contributed by atoms with Crippen LogP contribution in [0.1, 0.15) is 17.5 Å². The minimum Gasteiger partial charge on any atom is -0.361 e. The van der Waals surface area contributed by atoms with Gasteiger partial charge in [0.05, 0.1) is 13.0 Å². The molecular weight excluding hydrogens is 368 g/mol. The molecule has 148 valence electrons. The van der Waals surface area contributed by atoms with Gasteiger partial charge in [-0.3, -0.25) is 14.5 Å². The van der Waals surface area contributed by atoms with Crippen LogP contribution in [0.3, 0.4) is 0 Å². The maximum Gasteiger partial charge on any atom is 0.325 e. The lowest BCUT2D eigenvalue weighted by molar-refractivity contribution is -0.131. The average molecular weight is 390 g/mol. The Hall–Kier alpha value is -3.61. The Labute approximate surface area is 168 Å². The van der Waals surface area contributed by atoms with Gasteiger partial charge < -0.3 is 15.6 Å². The van der Waals surface area contributed by atoms with Crippen molar-refractivity contribution in [1.29, 1.82) is 0 Å². The number of imide groups is 1. The van der Waals surface area contributed by atoms with Crippen molar-refractivity contribution >= 4 is 28.7 Å². The molecule has 1 fully saturated rings. The summed E-state index contributed by atoms with van der Waals surface area (Å²) in [5.74, 6) is -0.629. The summed E-state index contributed by atoms with van der Waals surface area (Å²) in [5.41, 5.74) is 3.05. The Bertz CT molecular complexity index is 1040. The summed E-state index contributed by atoms with van der Waals surface area (Å²) in [7, 11) is 0. The van der Waals surface area contributed by atoms with Gasteiger partial charge in [0, 0.05) is 23.6 Å². The average Bonchev–Trinajstić information content (AvgIpc) is 3.25. The second-order valence-corrected chi connectivity index (χ2v) is 7.08. The zero-order chi connectivity index (χ0) is 20.2. The highest BCUT2D eigenvalue weighted by molar-refractivity contribution is 6.05. The van der Waals surface area contributed by atoms with Gasteiger partial charge in [0.15, 0.2) is 0 Å². The van der Waals surface area contributed by atoms with E-state index in [9.17, 15) is 14.4 Å². The first-order valence-corrected chi connectivity index (χ1v) is 9.59. The number of hydrogen-bond acceptors (Lipinski definition) is 3. The van der Waals surface area contributed by atoms with Gasteiger partial charge >= 0.3 is 6.03 Å². The van der Waals surface area contributed by atoms with E-state index in [1.807, 2.05) is 60.8 Å². The largest absolute Gasteiger partial charge is 0.361 e. The third kappa shape index (κ3) is 4.13. The van der Waals surface area contributed by atoms with Crippen LogP contribution in [-0.2, 0) is 22.6 Å². The number of aromatic nitrogens is 1. The molecule has 2 aromatic carbocycles. The second-order valence-electron chi connectivity index (χ2n) is 7.08. The molecule has 0 bridgehead atoms. The van der Waals surface area contributed by atoms with E-state index in [4.69, 9.17) is 0 Å². The van der Waals surface area contributed by atoms with E-state index in [1.54, 1.807) is 0 Å². The molecule has 0 aliphatic carbocycles. The van der Waals surface area contributed by atoms with E-state index >= 15 is 0 Å². The lowest BCUT2D eigenvalue weighted by Crippen LogP contribution is -2.37. The van der Waals surface area contributed by atoms with E-state index in [0.29, 0.717) is 13.0 Å². The van der Waals surface area contributed by atoms with Crippen LogP contribution in [0.2, 0.25) is 0 Å². The van der Waals surface area contributed by atoms with Crippen molar-refractivity contribution in [2.24, 2.45) is 0 Å². The molecule has 7 heteroatoms. The first-order valence-electron chi connectivity index (χ1n) is 9.59. The first kappa shape index (κ1) is 18.7. The number of para-hydroxylation sites is 1. The Morgan fingerprint density at radius 1 is 1.03 bits per heavy atom. The van der Waals surface area contributed by atoms with Crippen molar-refractivity contribution in [2.45, 2.75) is 25.4 Å². The van der Waals surface area contributed by atoms with Crippen LogP contribution in [0.25, 0.3) is 10.9 Å². The van der Waals surface area contributed by atoms with Crippen LogP contribution in [0.4, 0.5) is 4.79 Å². The third-order valence-corrected chi connectivity index (χ3v) is 5.07. The van der Waals surface area contributed by atoms with Crippen molar-refractivity contribution < 1.29 is 14.4 Å². The number of amides is 4. The number of benzene rings is 2. The maximum atomic E-state index is 12.5. The van der Waals surface area contributed by atoms with Crippen molar-refractivity contribution in [1.82, 2.24) is 20.5 Å². The molecule has 0 radical (unpaired) electrons. The van der Waals surface area contributed by atoms with Gasteiger partial charge in [-0.25, -0.2) is 4.79 Å². The summed E-state index contributed by atoms with van der Waals surface area (Å²) < 4.78 is 0. The van der Waals surface area contributed by atoms with Gasteiger partial charge in [-0.05, 0) is 23.6 Å². The molecule has 1 aliphatic rings. The summed E-state index contributed by atoms with van der Waals surface area (Å²) in [6, 6.07) is 16.0. The fourth-order valence-electron chi connectivity index (χ4n) is 3.56. The van der Waals surface area contributed by atoms with Crippen LogP contribution in [0, 0.1) is 0 Å². The quantitative estimate of drug-likeness (QED) is 0.541. The summed E-state index contributed by atoms with van der Waals surface area (Å²) in [4.78, 5) is 41.3. The minimum atomic E-state index is -0.820. The molecule has 1 saturated heterocycles. The predicted octanol–water partition coefficient (Wildman–Crippen LogP) is 2.34. The van der Waals surface area contributed by atoms with E-state index in [-0.39, 0.29) is 24.8 Å². The molecule has 1 atom stereocenters. The number of nitrogens with one attached hydrogen (secondary N) is 3. The summed E-state index contributed by atoms with van der Waals surface area (Å²) in [6.07, 6.45) is 2.56. The van der Waals surface area contributed by atoms with Gasteiger partial charge in [0.2, 0.25) is 5.91 Å².